The number of methoxy groups -OCH3 is 1. The van der Waals surface area contributed by atoms with Gasteiger partial charge in [0.15, 0.2) is 0 Å². The standard InChI is InChI=1S/C21H29N3O3S/c1-16-7-3-4-8-19(16)24-21-10-6-5-9-20(21)23(28(24,25)26)14-13-18(27-2)15-22-17-11-12-17/h3-10,17-18,22,25-26H,11-15H2,1-2H3/t18-/m1/s1. The van der Waals surface area contributed by atoms with Crippen molar-refractivity contribution < 1.29 is 13.8 Å². The molecule has 0 bridgehead atoms. The Hall–Kier alpha value is -1.77. The summed E-state index contributed by atoms with van der Waals surface area (Å²) in [5.74, 6) is 0. The average Bonchev–Trinajstić information content (AvgIpc) is 3.48. The minimum Gasteiger partial charge on any atom is -0.380 e. The van der Waals surface area contributed by atoms with Crippen LogP contribution in [0.4, 0.5) is 17.1 Å². The van der Waals surface area contributed by atoms with Gasteiger partial charge in [-0.3, -0.25) is 13.4 Å². The van der Waals surface area contributed by atoms with Gasteiger partial charge in [0.2, 0.25) is 0 Å². The molecule has 6 nitrogen and oxygen atoms in total. The molecule has 0 aromatic heterocycles. The van der Waals surface area contributed by atoms with E-state index in [0.717, 1.165) is 29.2 Å². The maximum absolute atomic E-state index is 11.3. The Kier molecular flexibility index (Phi) is 5.53. The second-order valence-electron chi connectivity index (χ2n) is 7.49. The number of benzene rings is 2. The summed E-state index contributed by atoms with van der Waals surface area (Å²) in [5.41, 5.74) is 3.48. The quantitative estimate of drug-likeness (QED) is 0.594. The molecular weight excluding hydrogens is 374 g/mol. The van der Waals surface area contributed by atoms with Gasteiger partial charge in [-0.25, -0.2) is 4.31 Å². The molecule has 0 spiro atoms. The molecule has 1 aliphatic heterocycles. The lowest BCUT2D eigenvalue weighted by molar-refractivity contribution is 0.0963. The Bertz CT molecular complexity index is 828. The summed E-state index contributed by atoms with van der Waals surface area (Å²) >= 11 is 0. The molecule has 1 aliphatic carbocycles. The highest BCUT2D eigenvalue weighted by molar-refractivity contribution is 8.27. The lowest BCUT2D eigenvalue weighted by atomic mass is 10.2. The van der Waals surface area contributed by atoms with E-state index in [-0.39, 0.29) is 6.10 Å². The van der Waals surface area contributed by atoms with Crippen molar-refractivity contribution in [3.8, 4) is 0 Å². The van der Waals surface area contributed by atoms with Crippen LogP contribution in [-0.4, -0.2) is 41.5 Å². The van der Waals surface area contributed by atoms with Crippen LogP contribution >= 0.6 is 11.0 Å². The van der Waals surface area contributed by atoms with Crippen molar-refractivity contribution in [3.63, 3.8) is 0 Å². The number of nitrogens with one attached hydrogen (secondary N) is 1. The molecular formula is C21H29N3O3S. The first-order valence-electron chi connectivity index (χ1n) is 9.79. The minimum absolute atomic E-state index is 0.0375. The number of hydrogen-bond donors (Lipinski definition) is 3. The maximum atomic E-state index is 11.3. The number of para-hydroxylation sites is 3. The maximum Gasteiger partial charge on any atom is 0.0896 e. The smallest absolute Gasteiger partial charge is 0.0896 e. The molecule has 1 fully saturated rings. The molecule has 0 amide bonds. The van der Waals surface area contributed by atoms with Gasteiger partial charge in [0.05, 0.1) is 23.2 Å². The van der Waals surface area contributed by atoms with Crippen LogP contribution in [0.3, 0.4) is 0 Å². The zero-order valence-corrected chi connectivity index (χ0v) is 17.2. The van der Waals surface area contributed by atoms with Crippen molar-refractivity contribution >= 4 is 28.0 Å². The Balaban J connectivity index is 1.58. The fourth-order valence-electron chi connectivity index (χ4n) is 3.66. The summed E-state index contributed by atoms with van der Waals surface area (Å²) in [5, 5.41) is 3.49. The molecule has 152 valence electrons. The topological polar surface area (TPSA) is 68.2 Å². The van der Waals surface area contributed by atoms with Gasteiger partial charge in [-0.15, -0.1) is 0 Å². The van der Waals surface area contributed by atoms with E-state index in [1.807, 2.05) is 55.5 Å². The SMILES string of the molecule is CO[C@H](CCN1c2ccccc2N(c2ccccc2C)S1(O)O)CNC1CC1. The van der Waals surface area contributed by atoms with Crippen molar-refractivity contribution in [1.29, 1.82) is 0 Å². The molecule has 3 N–H and O–H groups in total. The van der Waals surface area contributed by atoms with E-state index in [1.54, 1.807) is 15.7 Å². The third-order valence-corrected chi connectivity index (χ3v) is 7.30. The highest BCUT2D eigenvalue weighted by Crippen LogP contribution is 2.64. The number of rotatable bonds is 8. The van der Waals surface area contributed by atoms with E-state index in [0.29, 0.717) is 19.0 Å². The van der Waals surface area contributed by atoms with Crippen LogP contribution in [0.15, 0.2) is 48.5 Å². The van der Waals surface area contributed by atoms with Gasteiger partial charge in [0.25, 0.3) is 0 Å². The number of aryl methyl sites for hydroxylation is 1. The summed E-state index contributed by atoms with van der Waals surface area (Å²) in [6.07, 6.45) is 3.22. The Morgan fingerprint density at radius 3 is 2.36 bits per heavy atom. The zero-order chi connectivity index (χ0) is 19.7. The van der Waals surface area contributed by atoms with Crippen LogP contribution in [0, 0.1) is 6.92 Å². The van der Waals surface area contributed by atoms with Crippen LogP contribution in [0.25, 0.3) is 0 Å². The predicted molar refractivity (Wildman–Crippen MR) is 116 cm³/mol. The number of ether oxygens (including phenoxy) is 1. The van der Waals surface area contributed by atoms with E-state index in [1.165, 1.54) is 12.8 Å². The number of fused-ring (bicyclic) bond motifs is 1. The molecule has 2 aromatic carbocycles. The molecule has 0 radical (unpaired) electrons. The van der Waals surface area contributed by atoms with Gasteiger partial charge < -0.3 is 10.1 Å². The van der Waals surface area contributed by atoms with Crippen molar-refractivity contribution in [3.05, 3.63) is 54.1 Å². The number of anilines is 3. The van der Waals surface area contributed by atoms with Crippen molar-refractivity contribution in [2.45, 2.75) is 38.3 Å². The highest BCUT2D eigenvalue weighted by atomic mass is 32.3. The minimum atomic E-state index is -3.19. The Morgan fingerprint density at radius 1 is 1.07 bits per heavy atom. The number of hydrogen-bond acceptors (Lipinski definition) is 6. The van der Waals surface area contributed by atoms with Crippen molar-refractivity contribution in [2.24, 2.45) is 0 Å². The van der Waals surface area contributed by atoms with Gasteiger partial charge in [-0.2, -0.15) is 0 Å². The average molecular weight is 404 g/mol. The van der Waals surface area contributed by atoms with Gasteiger partial charge in [-0.1, -0.05) is 30.3 Å². The number of nitrogens with zero attached hydrogens (tertiary/aromatic N) is 2. The first-order chi connectivity index (χ1) is 13.5. The molecule has 4 rings (SSSR count). The third-order valence-electron chi connectivity index (χ3n) is 5.44. The third kappa shape index (κ3) is 3.73. The molecule has 0 unspecified atom stereocenters. The van der Waals surface area contributed by atoms with Crippen molar-refractivity contribution in [1.82, 2.24) is 5.32 Å². The van der Waals surface area contributed by atoms with Crippen LogP contribution < -0.4 is 13.9 Å². The first-order valence-corrected chi connectivity index (χ1v) is 11.3. The molecule has 28 heavy (non-hydrogen) atoms. The second-order valence-corrected chi connectivity index (χ2v) is 9.28. The molecule has 0 saturated heterocycles. The van der Waals surface area contributed by atoms with Gasteiger partial charge >= 0.3 is 0 Å². The zero-order valence-electron chi connectivity index (χ0n) is 16.4. The van der Waals surface area contributed by atoms with Crippen LogP contribution in [0.5, 0.6) is 0 Å². The summed E-state index contributed by atoms with van der Waals surface area (Å²) in [6.45, 7) is 3.28. The lowest BCUT2D eigenvalue weighted by Crippen LogP contribution is -2.36. The highest BCUT2D eigenvalue weighted by Gasteiger charge is 2.42. The van der Waals surface area contributed by atoms with E-state index in [2.05, 4.69) is 5.32 Å². The monoisotopic (exact) mass is 403 g/mol. The van der Waals surface area contributed by atoms with E-state index < -0.39 is 11.0 Å². The summed E-state index contributed by atoms with van der Waals surface area (Å²) in [6, 6.07) is 16.2. The summed E-state index contributed by atoms with van der Waals surface area (Å²) < 4.78 is 31.6. The van der Waals surface area contributed by atoms with Gasteiger partial charge in [-0.05, 0) is 60.9 Å². The lowest BCUT2D eigenvalue weighted by Gasteiger charge is -2.44. The Morgan fingerprint density at radius 2 is 1.71 bits per heavy atom. The van der Waals surface area contributed by atoms with Gasteiger partial charge in [0, 0.05) is 26.2 Å². The Labute approximate surface area is 168 Å². The van der Waals surface area contributed by atoms with E-state index >= 15 is 0 Å². The first kappa shape index (κ1) is 19.5. The summed E-state index contributed by atoms with van der Waals surface area (Å²) in [7, 11) is -1.48. The van der Waals surface area contributed by atoms with Crippen molar-refractivity contribution in [2.75, 3.05) is 28.8 Å². The summed E-state index contributed by atoms with van der Waals surface area (Å²) in [4.78, 5) is 0. The molecule has 1 saturated carbocycles. The normalized spacial score (nSPS) is 20.1. The fraction of sp³-hybridized carbons (Fsp3) is 0.429. The van der Waals surface area contributed by atoms with Crippen LogP contribution in [0.1, 0.15) is 24.8 Å². The van der Waals surface area contributed by atoms with E-state index in [4.69, 9.17) is 4.74 Å². The molecule has 7 heteroatoms. The molecule has 2 aliphatic rings. The van der Waals surface area contributed by atoms with Gasteiger partial charge in [0.1, 0.15) is 0 Å². The fourth-order valence-corrected chi connectivity index (χ4v) is 5.51. The second kappa shape index (κ2) is 7.93. The molecule has 2 aromatic rings. The van der Waals surface area contributed by atoms with E-state index in [9.17, 15) is 9.11 Å². The van der Waals surface area contributed by atoms with Crippen LogP contribution in [-0.2, 0) is 4.74 Å². The molecule has 1 atom stereocenters. The largest absolute Gasteiger partial charge is 0.380 e. The predicted octanol–water partition coefficient (Wildman–Crippen LogP) is 4.69. The van der Waals surface area contributed by atoms with Crippen LogP contribution in [0.2, 0.25) is 0 Å². The molecule has 1 heterocycles.